The summed E-state index contributed by atoms with van der Waals surface area (Å²) in [5, 5.41) is 2.16. The van der Waals surface area contributed by atoms with Crippen molar-refractivity contribution in [3.05, 3.63) is 23.8 Å². The van der Waals surface area contributed by atoms with Crippen molar-refractivity contribution in [1.82, 2.24) is 5.32 Å². The Hall–Kier alpha value is -1.80. The lowest BCUT2D eigenvalue weighted by Gasteiger charge is -2.16. The minimum atomic E-state index is -3.64. The topological polar surface area (TPSA) is 93.7 Å². The fraction of sp³-hybridized carbons (Fsp3) is 0.500. The lowest BCUT2D eigenvalue weighted by molar-refractivity contribution is -0.142. The maximum Gasteiger partial charge on any atom is 0.322 e. The number of sulfonamides is 1. The van der Waals surface area contributed by atoms with Crippen LogP contribution in [0.1, 0.15) is 12.0 Å². The first-order valence-electron chi connectivity index (χ1n) is 6.85. The van der Waals surface area contributed by atoms with Gasteiger partial charge < -0.3 is 14.8 Å². The molecule has 122 valence electrons. The molecule has 0 spiro atoms. The predicted octanol–water partition coefficient (Wildman–Crippen LogP) is 0.649. The lowest BCUT2D eigenvalue weighted by atomic mass is 10.2. The number of carbonyl (C=O) groups excluding carboxylic acids is 1. The highest BCUT2D eigenvalue weighted by Crippen LogP contribution is 2.28. The number of hydrogen-bond donors (Lipinski definition) is 2. The minimum absolute atomic E-state index is 0.177. The van der Waals surface area contributed by atoms with Gasteiger partial charge in [-0.15, -0.1) is 0 Å². The van der Waals surface area contributed by atoms with E-state index in [1.54, 1.807) is 12.1 Å². The van der Waals surface area contributed by atoms with Crippen LogP contribution in [0.15, 0.2) is 18.2 Å². The summed E-state index contributed by atoms with van der Waals surface area (Å²) in [7, 11) is -0.879. The zero-order valence-electron chi connectivity index (χ0n) is 12.8. The Kier molecular flexibility index (Phi) is 4.92. The number of benzene rings is 1. The molecule has 22 heavy (non-hydrogen) atoms. The molecule has 0 radical (unpaired) electrons. The number of carbonyl (C=O) groups is 1. The molecule has 1 fully saturated rings. The third-order valence-electron chi connectivity index (χ3n) is 3.62. The van der Waals surface area contributed by atoms with Crippen LogP contribution in [0.4, 0.5) is 5.69 Å². The first-order valence-corrected chi connectivity index (χ1v) is 8.39. The van der Waals surface area contributed by atoms with Crippen LogP contribution in [0.25, 0.3) is 0 Å². The van der Waals surface area contributed by atoms with E-state index in [1.165, 1.54) is 14.2 Å². The van der Waals surface area contributed by atoms with Crippen LogP contribution in [0.2, 0.25) is 0 Å². The van der Waals surface area contributed by atoms with Gasteiger partial charge in [0.2, 0.25) is 10.0 Å². The van der Waals surface area contributed by atoms with Crippen molar-refractivity contribution in [2.24, 2.45) is 0 Å². The Bertz CT molecular complexity index is 659. The second kappa shape index (κ2) is 6.53. The molecule has 1 aliphatic heterocycles. The molecule has 8 heteroatoms. The van der Waals surface area contributed by atoms with Gasteiger partial charge in [-0.25, -0.2) is 8.42 Å². The predicted molar refractivity (Wildman–Crippen MR) is 82.5 cm³/mol. The second-order valence-electron chi connectivity index (χ2n) is 5.19. The summed E-state index contributed by atoms with van der Waals surface area (Å²) in [5.41, 5.74) is 1.31. The van der Waals surface area contributed by atoms with Crippen LogP contribution < -0.4 is 14.8 Å². The highest BCUT2D eigenvalue weighted by atomic mass is 32.2. The van der Waals surface area contributed by atoms with Crippen molar-refractivity contribution >= 4 is 21.7 Å². The molecular weight excluding hydrogens is 308 g/mol. The van der Waals surface area contributed by atoms with Crippen molar-refractivity contribution in [1.29, 1.82) is 0 Å². The Morgan fingerprint density at radius 2 is 2.09 bits per heavy atom. The number of nitrogens with one attached hydrogen (secondary N) is 2. The smallest absolute Gasteiger partial charge is 0.322 e. The van der Waals surface area contributed by atoms with E-state index in [2.05, 4.69) is 14.8 Å². The number of hydrogen-bond acceptors (Lipinski definition) is 6. The van der Waals surface area contributed by atoms with E-state index in [0.717, 1.165) is 5.56 Å². The fourth-order valence-electron chi connectivity index (χ4n) is 2.40. The average molecular weight is 328 g/mol. The number of anilines is 1. The normalized spacial score (nSPS) is 21.4. The molecule has 2 unspecified atom stereocenters. The molecule has 0 aliphatic carbocycles. The monoisotopic (exact) mass is 328 g/mol. The lowest BCUT2D eigenvalue weighted by Crippen LogP contribution is -2.31. The van der Waals surface area contributed by atoms with Gasteiger partial charge in [0.1, 0.15) is 11.8 Å². The van der Waals surface area contributed by atoms with E-state index >= 15 is 0 Å². The fourth-order valence-corrected chi connectivity index (χ4v) is 3.79. The van der Waals surface area contributed by atoms with E-state index < -0.39 is 27.3 Å². The summed E-state index contributed by atoms with van der Waals surface area (Å²) in [6.07, 6.45) is 0.177. The van der Waals surface area contributed by atoms with Gasteiger partial charge in [0.05, 0.1) is 25.2 Å². The quantitative estimate of drug-likeness (QED) is 0.771. The molecule has 1 aromatic carbocycles. The van der Waals surface area contributed by atoms with Gasteiger partial charge in [-0.1, -0.05) is 6.07 Å². The van der Waals surface area contributed by atoms with Gasteiger partial charge in [-0.2, -0.15) is 0 Å². The molecule has 2 rings (SSSR count). The third-order valence-corrected chi connectivity index (χ3v) is 5.36. The van der Waals surface area contributed by atoms with Crippen LogP contribution in [0.3, 0.4) is 0 Å². The molecule has 0 amide bonds. The van der Waals surface area contributed by atoms with E-state index in [4.69, 9.17) is 4.74 Å². The van der Waals surface area contributed by atoms with Gasteiger partial charge >= 0.3 is 5.97 Å². The van der Waals surface area contributed by atoms with Crippen LogP contribution in [-0.2, 0) is 19.6 Å². The van der Waals surface area contributed by atoms with Crippen molar-refractivity contribution < 1.29 is 22.7 Å². The zero-order chi connectivity index (χ0) is 16.3. The number of aryl methyl sites for hydroxylation is 1. The van der Waals surface area contributed by atoms with Gasteiger partial charge in [-0.3, -0.25) is 9.52 Å². The third kappa shape index (κ3) is 3.50. The molecule has 1 aromatic rings. The van der Waals surface area contributed by atoms with Crippen LogP contribution in [0, 0.1) is 6.92 Å². The van der Waals surface area contributed by atoms with Gasteiger partial charge in [0.25, 0.3) is 0 Å². The molecule has 1 aliphatic rings. The molecule has 2 N–H and O–H groups in total. The summed E-state index contributed by atoms with van der Waals surface area (Å²) in [4.78, 5) is 11.5. The van der Waals surface area contributed by atoms with Crippen molar-refractivity contribution in [2.45, 2.75) is 24.6 Å². The van der Waals surface area contributed by atoms with Crippen molar-refractivity contribution in [3.63, 3.8) is 0 Å². The van der Waals surface area contributed by atoms with Crippen LogP contribution in [-0.4, -0.2) is 46.4 Å². The SMILES string of the molecule is COC(=O)C1CC(S(=O)(=O)Nc2cc(C)ccc2OC)CN1. The Morgan fingerprint density at radius 1 is 1.36 bits per heavy atom. The molecule has 0 saturated carbocycles. The molecule has 0 aromatic heterocycles. The Balaban J connectivity index is 2.16. The van der Waals surface area contributed by atoms with E-state index in [1.807, 2.05) is 13.0 Å². The molecule has 7 nitrogen and oxygen atoms in total. The summed E-state index contributed by atoms with van der Waals surface area (Å²) < 4.78 is 37.3. The highest BCUT2D eigenvalue weighted by molar-refractivity contribution is 7.93. The number of ether oxygens (including phenoxy) is 2. The Morgan fingerprint density at radius 3 is 2.73 bits per heavy atom. The van der Waals surface area contributed by atoms with Crippen molar-refractivity contribution in [3.8, 4) is 5.75 Å². The molecule has 2 atom stereocenters. The first kappa shape index (κ1) is 16.6. The van der Waals surface area contributed by atoms with E-state index in [-0.39, 0.29) is 13.0 Å². The summed E-state index contributed by atoms with van der Waals surface area (Å²) in [6.45, 7) is 2.06. The second-order valence-corrected chi connectivity index (χ2v) is 7.15. The summed E-state index contributed by atoms with van der Waals surface area (Å²) in [6, 6.07) is 4.65. The van der Waals surface area contributed by atoms with E-state index in [0.29, 0.717) is 11.4 Å². The summed E-state index contributed by atoms with van der Waals surface area (Å²) in [5.74, 6) is -0.00418. The number of esters is 1. The van der Waals surface area contributed by atoms with Crippen LogP contribution in [0.5, 0.6) is 5.75 Å². The molecule has 1 heterocycles. The summed E-state index contributed by atoms with van der Waals surface area (Å²) >= 11 is 0. The number of rotatable bonds is 5. The van der Waals surface area contributed by atoms with Crippen LogP contribution >= 0.6 is 0 Å². The minimum Gasteiger partial charge on any atom is -0.495 e. The van der Waals surface area contributed by atoms with Gasteiger partial charge in [-0.05, 0) is 31.0 Å². The molecule has 1 saturated heterocycles. The van der Waals surface area contributed by atoms with E-state index in [9.17, 15) is 13.2 Å². The highest BCUT2D eigenvalue weighted by Gasteiger charge is 2.38. The maximum absolute atomic E-state index is 12.5. The first-order chi connectivity index (χ1) is 10.4. The van der Waals surface area contributed by atoms with Gasteiger partial charge in [0, 0.05) is 6.54 Å². The maximum atomic E-state index is 12.5. The standard InChI is InChI=1S/C14H20N2O5S/c1-9-4-5-13(20-2)11(6-9)16-22(18,19)10-7-12(15-8-10)14(17)21-3/h4-6,10,12,15-16H,7-8H2,1-3H3. The average Bonchev–Trinajstić information content (AvgIpc) is 2.97. The Labute approximate surface area is 130 Å². The largest absolute Gasteiger partial charge is 0.495 e. The number of methoxy groups -OCH3 is 2. The van der Waals surface area contributed by atoms with Crippen molar-refractivity contribution in [2.75, 3.05) is 25.5 Å². The zero-order valence-corrected chi connectivity index (χ0v) is 13.6. The van der Waals surface area contributed by atoms with Gasteiger partial charge in [0.15, 0.2) is 0 Å². The molecule has 0 bridgehead atoms. The molecular formula is C14H20N2O5S.